The second kappa shape index (κ2) is 9.34. The van der Waals surface area contributed by atoms with E-state index in [0.717, 1.165) is 27.5 Å². The number of aromatic carboxylic acids is 2. The Bertz CT molecular complexity index is 2670. The summed E-state index contributed by atoms with van der Waals surface area (Å²) in [6.45, 7) is 0. The van der Waals surface area contributed by atoms with Crippen LogP contribution in [0.25, 0.3) is 89.7 Å². The predicted octanol–water partition coefficient (Wildman–Crippen LogP) is 6.27. The van der Waals surface area contributed by atoms with Crippen LogP contribution in [-0.2, 0) is 0 Å². The fourth-order valence-electron chi connectivity index (χ4n) is 6.13. The second-order valence-electron chi connectivity index (χ2n) is 10.8. The van der Waals surface area contributed by atoms with Crippen LogP contribution in [0.3, 0.4) is 0 Å². The molecule has 0 aliphatic carbocycles. The topological polar surface area (TPSA) is 184 Å². The number of H-pyrrole nitrogens is 2. The van der Waals surface area contributed by atoms with Gasteiger partial charge in [0.15, 0.2) is 23.3 Å². The van der Waals surface area contributed by atoms with Crippen molar-refractivity contribution in [3.63, 3.8) is 0 Å². The molecule has 5 heterocycles. The molecule has 0 saturated heterocycles. The Hall–Kier alpha value is -6.82. The number of fused-ring (bicyclic) bond motifs is 20. The summed E-state index contributed by atoms with van der Waals surface area (Å²) in [5.41, 5.74) is 3.54. The van der Waals surface area contributed by atoms with Crippen molar-refractivity contribution in [3.05, 3.63) is 96.1 Å². The summed E-state index contributed by atoms with van der Waals surface area (Å²) in [5.74, 6) is -1.36. The van der Waals surface area contributed by atoms with Crippen LogP contribution in [0.15, 0.2) is 84.9 Å². The van der Waals surface area contributed by atoms with Gasteiger partial charge < -0.3 is 20.2 Å². The summed E-state index contributed by atoms with van der Waals surface area (Å²) < 4.78 is 0. The van der Waals surface area contributed by atoms with Crippen molar-refractivity contribution >= 4 is 56.1 Å². The zero-order chi connectivity index (χ0) is 31.1. The molecule has 3 aromatic heterocycles. The molecule has 0 spiro atoms. The normalized spacial score (nSPS) is 11.8. The molecule has 4 N–H and O–H groups in total. The molecular formula is C34H18N8O4. The van der Waals surface area contributed by atoms with E-state index in [-0.39, 0.29) is 28.1 Å². The fraction of sp³-hybridized carbons (Fsp3) is 0. The molecule has 0 unspecified atom stereocenters. The first-order valence-corrected chi connectivity index (χ1v) is 14.2. The van der Waals surface area contributed by atoms with Gasteiger partial charge in [-0.2, -0.15) is 0 Å². The molecule has 12 nitrogen and oxygen atoms in total. The molecule has 2 aliphatic rings. The lowest BCUT2D eigenvalue weighted by Gasteiger charge is -2.03. The van der Waals surface area contributed by atoms with Crippen molar-refractivity contribution in [1.29, 1.82) is 0 Å². The zero-order valence-corrected chi connectivity index (χ0v) is 23.5. The van der Waals surface area contributed by atoms with Crippen LogP contribution in [0.4, 0.5) is 0 Å². The van der Waals surface area contributed by atoms with Crippen molar-refractivity contribution in [2.45, 2.75) is 0 Å². The molecular weight excluding hydrogens is 584 g/mol. The van der Waals surface area contributed by atoms with Crippen LogP contribution in [0.2, 0.25) is 0 Å². The van der Waals surface area contributed by atoms with Crippen LogP contribution >= 0.6 is 0 Å². The highest BCUT2D eigenvalue weighted by Crippen LogP contribution is 2.37. The Morgan fingerprint density at radius 1 is 0.457 bits per heavy atom. The number of carboxylic acids is 2. The number of carboxylic acid groups (broad SMARTS) is 2. The second-order valence-corrected chi connectivity index (χ2v) is 10.8. The predicted molar refractivity (Wildman–Crippen MR) is 170 cm³/mol. The maximum Gasteiger partial charge on any atom is 0.337 e. The van der Waals surface area contributed by atoms with Gasteiger partial charge in [0.1, 0.15) is 22.6 Å². The molecule has 0 fully saturated rings. The lowest BCUT2D eigenvalue weighted by Crippen LogP contribution is -2.08. The van der Waals surface area contributed by atoms with Gasteiger partial charge in [-0.3, -0.25) is 0 Å². The Kier molecular flexibility index (Phi) is 5.21. The van der Waals surface area contributed by atoms with Gasteiger partial charge >= 0.3 is 11.9 Å². The number of nitrogens with one attached hydrogen (secondary N) is 2. The highest BCUT2D eigenvalue weighted by Gasteiger charge is 2.26. The Morgan fingerprint density at radius 3 is 1.33 bits per heavy atom. The number of hydrogen-bond acceptors (Lipinski definition) is 8. The first-order chi connectivity index (χ1) is 22.4. The van der Waals surface area contributed by atoms with Gasteiger partial charge in [0.2, 0.25) is 0 Å². The standard InChI is InChI=1S/C34H18N8O4/c43-33(44)22-14-13-21-23(24(22)34(45)46)32-41-30-20-12-6-5-11-19(20)28(39-30)37-26-16-8-2-1-7-15(16)25(35-26)36-27-17-9-3-4-10-18(17)29(38-27)40-31(21)42-32/h1-14H,(H,43,44)(H,45,46)(H2,35,36,37,38,39,40,41,42). The number of benzene rings is 4. The molecule has 46 heavy (non-hydrogen) atoms. The van der Waals surface area contributed by atoms with Crippen molar-refractivity contribution in [2.75, 3.05) is 0 Å². The molecule has 9 rings (SSSR count). The van der Waals surface area contributed by atoms with E-state index in [9.17, 15) is 19.8 Å². The summed E-state index contributed by atoms with van der Waals surface area (Å²) in [4.78, 5) is 60.3. The van der Waals surface area contributed by atoms with Gasteiger partial charge in [-0.1, -0.05) is 72.8 Å². The average Bonchev–Trinajstić information content (AvgIpc) is 3.80. The molecule has 2 aliphatic heterocycles. The fourth-order valence-corrected chi connectivity index (χ4v) is 6.13. The minimum absolute atomic E-state index is 0.0846. The van der Waals surface area contributed by atoms with E-state index in [1.54, 1.807) is 0 Å². The third kappa shape index (κ3) is 3.67. The van der Waals surface area contributed by atoms with E-state index in [2.05, 4.69) is 9.97 Å². The molecule has 12 heteroatoms. The molecule has 8 bridgehead atoms. The monoisotopic (exact) mass is 602 g/mol. The van der Waals surface area contributed by atoms with Gasteiger partial charge in [0.05, 0.1) is 11.1 Å². The number of nitrogens with zero attached hydrogens (tertiary/aromatic N) is 6. The van der Waals surface area contributed by atoms with E-state index < -0.39 is 17.5 Å². The van der Waals surface area contributed by atoms with Gasteiger partial charge in [-0.05, 0) is 12.1 Å². The maximum atomic E-state index is 12.6. The zero-order valence-electron chi connectivity index (χ0n) is 23.5. The molecule has 4 aromatic carbocycles. The van der Waals surface area contributed by atoms with Gasteiger partial charge in [-0.25, -0.2) is 39.5 Å². The van der Waals surface area contributed by atoms with E-state index in [0.29, 0.717) is 39.7 Å². The number of rotatable bonds is 2. The molecule has 0 saturated carbocycles. The molecule has 218 valence electrons. The van der Waals surface area contributed by atoms with Gasteiger partial charge in [0.25, 0.3) is 0 Å². The summed E-state index contributed by atoms with van der Waals surface area (Å²) in [6, 6.07) is 25.5. The first kappa shape index (κ1) is 25.7. The summed E-state index contributed by atoms with van der Waals surface area (Å²) in [6.07, 6.45) is 0. The summed E-state index contributed by atoms with van der Waals surface area (Å²) in [7, 11) is 0. The van der Waals surface area contributed by atoms with E-state index >= 15 is 0 Å². The lowest BCUT2D eigenvalue weighted by atomic mass is 10.0. The Balaban J connectivity index is 1.53. The maximum absolute atomic E-state index is 12.6. The highest BCUT2D eigenvalue weighted by atomic mass is 16.4. The van der Waals surface area contributed by atoms with Gasteiger partial charge in [-0.15, -0.1) is 0 Å². The van der Waals surface area contributed by atoms with Crippen LogP contribution in [0, 0.1) is 0 Å². The van der Waals surface area contributed by atoms with Crippen molar-refractivity contribution in [3.8, 4) is 45.6 Å². The minimum atomic E-state index is -1.42. The van der Waals surface area contributed by atoms with Crippen molar-refractivity contribution in [2.24, 2.45) is 0 Å². The smallest absolute Gasteiger partial charge is 0.337 e. The highest BCUT2D eigenvalue weighted by molar-refractivity contribution is 6.19. The quantitative estimate of drug-likeness (QED) is 0.176. The summed E-state index contributed by atoms with van der Waals surface area (Å²) in [5, 5.41) is 22.3. The number of hydrogen-bond donors (Lipinski definition) is 4. The van der Waals surface area contributed by atoms with E-state index in [4.69, 9.17) is 29.9 Å². The average molecular weight is 603 g/mol. The first-order valence-electron chi connectivity index (χ1n) is 14.2. The van der Waals surface area contributed by atoms with Crippen molar-refractivity contribution in [1.82, 2.24) is 39.9 Å². The van der Waals surface area contributed by atoms with Crippen LogP contribution < -0.4 is 0 Å². The molecule has 7 aromatic rings. The minimum Gasteiger partial charge on any atom is -0.478 e. The number of aromatic amines is 2. The van der Waals surface area contributed by atoms with Crippen LogP contribution in [0.1, 0.15) is 20.7 Å². The molecule has 0 atom stereocenters. The Morgan fingerprint density at radius 2 is 0.870 bits per heavy atom. The van der Waals surface area contributed by atoms with Gasteiger partial charge in [0, 0.05) is 43.8 Å². The largest absolute Gasteiger partial charge is 0.478 e. The molecule has 0 amide bonds. The van der Waals surface area contributed by atoms with Crippen LogP contribution in [-0.4, -0.2) is 62.0 Å². The van der Waals surface area contributed by atoms with E-state index in [1.165, 1.54) is 12.1 Å². The third-order valence-corrected chi connectivity index (χ3v) is 8.16. The van der Waals surface area contributed by atoms with Crippen molar-refractivity contribution < 1.29 is 19.8 Å². The summed E-state index contributed by atoms with van der Waals surface area (Å²) >= 11 is 0. The Labute approximate surface area is 257 Å². The number of aromatic nitrogens is 8. The third-order valence-electron chi connectivity index (χ3n) is 8.16. The van der Waals surface area contributed by atoms with E-state index in [1.807, 2.05) is 72.8 Å². The molecule has 0 radical (unpaired) electrons. The number of carbonyl (C=O) groups is 2. The SMILES string of the molecule is O=C(O)c1ccc2c3nc4nc(nc5[nH]c(nc6nc(nc([nH]3)c2c1C(=O)O)-c1ccccc1-6)c1ccccc51)-c1ccccc1-4. The van der Waals surface area contributed by atoms with Crippen LogP contribution in [0.5, 0.6) is 0 Å². The lowest BCUT2D eigenvalue weighted by molar-refractivity contribution is 0.0653.